The zero-order chi connectivity index (χ0) is 13.9. The Kier molecular flexibility index (Phi) is 3.85. The van der Waals surface area contributed by atoms with Crippen LogP contribution in [0, 0.1) is 0 Å². The quantitative estimate of drug-likeness (QED) is 0.918. The van der Waals surface area contributed by atoms with Gasteiger partial charge in [0.2, 0.25) is 0 Å². The maximum absolute atomic E-state index is 4.22. The molecule has 1 aromatic heterocycles. The summed E-state index contributed by atoms with van der Waals surface area (Å²) < 4.78 is 1.85. The van der Waals surface area contributed by atoms with Gasteiger partial charge in [0.05, 0.1) is 6.20 Å². The smallest absolute Gasteiger partial charge is 0.0534 e. The van der Waals surface area contributed by atoms with Gasteiger partial charge in [-0.2, -0.15) is 5.10 Å². The van der Waals surface area contributed by atoms with Crippen LogP contribution in [0.4, 0.5) is 0 Å². The molecule has 0 saturated heterocycles. The molecule has 0 fully saturated rings. The Bertz CT molecular complexity index is 588. The van der Waals surface area contributed by atoms with Crippen LogP contribution in [-0.2, 0) is 33.1 Å². The van der Waals surface area contributed by atoms with Gasteiger partial charge in [0, 0.05) is 38.4 Å². The molecule has 1 aromatic carbocycles. The Hall–Kier alpha value is -1.65. The molecule has 0 amide bonds. The molecule has 4 nitrogen and oxygen atoms in total. The number of aryl methyl sites for hydroxylation is 1. The van der Waals surface area contributed by atoms with Crippen LogP contribution in [0.5, 0.6) is 0 Å². The monoisotopic (exact) mass is 270 g/mol. The van der Waals surface area contributed by atoms with Gasteiger partial charge in [0.1, 0.15) is 0 Å². The van der Waals surface area contributed by atoms with E-state index in [-0.39, 0.29) is 0 Å². The first kappa shape index (κ1) is 13.3. The fourth-order valence-corrected chi connectivity index (χ4v) is 2.86. The van der Waals surface area contributed by atoms with Gasteiger partial charge >= 0.3 is 0 Å². The molecule has 1 N–H and O–H groups in total. The lowest BCUT2D eigenvalue weighted by molar-refractivity contribution is 0.319. The number of hydrogen-bond acceptors (Lipinski definition) is 3. The van der Waals surface area contributed by atoms with Crippen molar-refractivity contribution in [2.24, 2.45) is 7.05 Å². The first-order chi connectivity index (χ1) is 9.70. The van der Waals surface area contributed by atoms with Gasteiger partial charge in [-0.15, -0.1) is 0 Å². The van der Waals surface area contributed by atoms with Gasteiger partial charge in [-0.25, -0.2) is 0 Å². The average molecular weight is 270 g/mol. The van der Waals surface area contributed by atoms with Crippen LogP contribution < -0.4 is 5.32 Å². The minimum Gasteiger partial charge on any atom is -0.312 e. The molecule has 4 heteroatoms. The molecule has 0 radical (unpaired) electrons. The number of aromatic nitrogens is 2. The molecule has 0 unspecified atom stereocenters. The van der Waals surface area contributed by atoms with Crippen LogP contribution in [0.15, 0.2) is 30.6 Å². The largest absolute Gasteiger partial charge is 0.312 e. The fraction of sp³-hybridized carbons (Fsp3) is 0.438. The zero-order valence-corrected chi connectivity index (χ0v) is 12.3. The molecule has 106 valence electrons. The molecule has 0 aliphatic carbocycles. The SMILES string of the molecule is CN(Cc1ccc2c(c1)CNCC2)Cc1cnn(C)c1. The highest BCUT2D eigenvalue weighted by Crippen LogP contribution is 2.17. The van der Waals surface area contributed by atoms with Gasteiger partial charge in [-0.1, -0.05) is 18.2 Å². The summed E-state index contributed by atoms with van der Waals surface area (Å²) in [5.41, 5.74) is 5.61. The van der Waals surface area contributed by atoms with Crippen molar-refractivity contribution in [1.82, 2.24) is 20.0 Å². The van der Waals surface area contributed by atoms with Crippen molar-refractivity contribution in [3.63, 3.8) is 0 Å². The summed E-state index contributed by atoms with van der Waals surface area (Å²) in [4.78, 5) is 2.33. The molecule has 1 aliphatic rings. The lowest BCUT2D eigenvalue weighted by Gasteiger charge is -2.20. The Morgan fingerprint density at radius 2 is 2.10 bits per heavy atom. The number of rotatable bonds is 4. The summed E-state index contributed by atoms with van der Waals surface area (Å²) in [5, 5.41) is 7.66. The minimum atomic E-state index is 0.934. The average Bonchev–Trinajstić information content (AvgIpc) is 2.83. The maximum atomic E-state index is 4.22. The van der Waals surface area contributed by atoms with Crippen LogP contribution in [-0.4, -0.2) is 28.3 Å². The number of benzene rings is 1. The van der Waals surface area contributed by atoms with Crippen molar-refractivity contribution in [3.05, 3.63) is 52.8 Å². The Labute approximate surface area is 120 Å². The molecule has 3 rings (SSSR count). The van der Waals surface area contributed by atoms with Gasteiger partial charge in [0.25, 0.3) is 0 Å². The second kappa shape index (κ2) is 5.77. The van der Waals surface area contributed by atoms with E-state index in [1.807, 2.05) is 17.9 Å². The lowest BCUT2D eigenvalue weighted by Crippen LogP contribution is -2.24. The fourth-order valence-electron chi connectivity index (χ4n) is 2.86. The Morgan fingerprint density at radius 1 is 1.25 bits per heavy atom. The molecule has 20 heavy (non-hydrogen) atoms. The molecular weight excluding hydrogens is 248 g/mol. The molecule has 1 aliphatic heterocycles. The highest BCUT2D eigenvalue weighted by Gasteiger charge is 2.10. The molecule has 0 atom stereocenters. The van der Waals surface area contributed by atoms with Crippen LogP contribution in [0.3, 0.4) is 0 Å². The molecular formula is C16H22N4. The second-order valence-electron chi connectivity index (χ2n) is 5.72. The van der Waals surface area contributed by atoms with E-state index >= 15 is 0 Å². The molecule has 0 bridgehead atoms. The normalized spacial score (nSPS) is 14.6. The van der Waals surface area contributed by atoms with E-state index in [2.05, 4.69) is 46.8 Å². The summed E-state index contributed by atoms with van der Waals surface area (Å²) >= 11 is 0. The van der Waals surface area contributed by atoms with Crippen molar-refractivity contribution >= 4 is 0 Å². The first-order valence-corrected chi connectivity index (χ1v) is 7.18. The van der Waals surface area contributed by atoms with Crippen LogP contribution in [0.25, 0.3) is 0 Å². The molecule has 0 saturated carbocycles. The maximum Gasteiger partial charge on any atom is 0.0534 e. The zero-order valence-electron chi connectivity index (χ0n) is 12.3. The first-order valence-electron chi connectivity index (χ1n) is 7.18. The topological polar surface area (TPSA) is 33.1 Å². The van der Waals surface area contributed by atoms with Crippen molar-refractivity contribution < 1.29 is 0 Å². The van der Waals surface area contributed by atoms with Crippen LogP contribution in [0.1, 0.15) is 22.3 Å². The number of nitrogens with zero attached hydrogens (tertiary/aromatic N) is 3. The van der Waals surface area contributed by atoms with Gasteiger partial charge in [-0.3, -0.25) is 9.58 Å². The number of hydrogen-bond donors (Lipinski definition) is 1. The summed E-state index contributed by atoms with van der Waals surface area (Å²) in [6.45, 7) is 4.02. The molecule has 2 heterocycles. The van der Waals surface area contributed by atoms with Crippen molar-refractivity contribution in [1.29, 1.82) is 0 Å². The van der Waals surface area contributed by atoms with E-state index < -0.39 is 0 Å². The summed E-state index contributed by atoms with van der Waals surface area (Å²) in [5.74, 6) is 0. The van der Waals surface area contributed by atoms with Crippen molar-refractivity contribution in [3.8, 4) is 0 Å². The van der Waals surface area contributed by atoms with Gasteiger partial charge in [0.15, 0.2) is 0 Å². The predicted octanol–water partition coefficient (Wildman–Crippen LogP) is 1.70. The van der Waals surface area contributed by atoms with E-state index in [0.717, 1.165) is 32.6 Å². The standard InChI is InChI=1S/C16H22N4/c1-19(11-14-8-18-20(2)12-14)10-13-3-4-15-5-6-17-9-16(15)7-13/h3-4,7-8,12,17H,5-6,9-11H2,1-2H3. The summed E-state index contributed by atoms with van der Waals surface area (Å²) in [6, 6.07) is 6.91. The van der Waals surface area contributed by atoms with E-state index in [4.69, 9.17) is 0 Å². The van der Waals surface area contributed by atoms with Crippen molar-refractivity contribution in [2.45, 2.75) is 26.1 Å². The number of nitrogens with one attached hydrogen (secondary N) is 1. The van der Waals surface area contributed by atoms with Gasteiger partial charge < -0.3 is 5.32 Å². The van der Waals surface area contributed by atoms with E-state index in [0.29, 0.717) is 0 Å². The minimum absolute atomic E-state index is 0.934. The van der Waals surface area contributed by atoms with E-state index in [9.17, 15) is 0 Å². The molecule has 2 aromatic rings. The van der Waals surface area contributed by atoms with Crippen LogP contribution >= 0.6 is 0 Å². The lowest BCUT2D eigenvalue weighted by atomic mass is 9.98. The predicted molar refractivity (Wildman–Crippen MR) is 80.2 cm³/mol. The molecule has 0 spiro atoms. The Balaban J connectivity index is 1.65. The van der Waals surface area contributed by atoms with Crippen molar-refractivity contribution in [2.75, 3.05) is 13.6 Å². The highest BCUT2D eigenvalue weighted by atomic mass is 15.2. The van der Waals surface area contributed by atoms with E-state index in [1.54, 1.807) is 0 Å². The van der Waals surface area contributed by atoms with Gasteiger partial charge in [-0.05, 0) is 36.7 Å². The van der Waals surface area contributed by atoms with Crippen LogP contribution in [0.2, 0.25) is 0 Å². The second-order valence-corrected chi connectivity index (χ2v) is 5.72. The third-order valence-electron chi connectivity index (χ3n) is 3.82. The third kappa shape index (κ3) is 3.08. The number of fused-ring (bicyclic) bond motifs is 1. The summed E-state index contributed by atoms with van der Waals surface area (Å²) in [7, 11) is 4.12. The Morgan fingerprint density at radius 3 is 2.90 bits per heavy atom. The van der Waals surface area contributed by atoms with E-state index in [1.165, 1.54) is 22.3 Å². The summed E-state index contributed by atoms with van der Waals surface area (Å²) in [6.07, 6.45) is 5.17. The highest BCUT2D eigenvalue weighted by molar-refractivity contribution is 5.33. The third-order valence-corrected chi connectivity index (χ3v) is 3.82.